The molecule has 3 nitrogen and oxygen atoms in total. The molecular formula is C12H14O3S. The Kier molecular flexibility index (Phi) is 3.39. The van der Waals surface area contributed by atoms with Gasteiger partial charge in [-0.2, -0.15) is 11.8 Å². The van der Waals surface area contributed by atoms with Gasteiger partial charge in [0.2, 0.25) is 0 Å². The largest absolute Gasteiger partial charge is 0.508 e. The van der Waals surface area contributed by atoms with Gasteiger partial charge in [0.05, 0.1) is 5.92 Å². The molecule has 16 heavy (non-hydrogen) atoms. The van der Waals surface area contributed by atoms with Crippen LogP contribution in [-0.2, 0) is 4.79 Å². The highest BCUT2D eigenvalue weighted by Gasteiger charge is 2.32. The standard InChI is InChI=1S/C12H14O3S/c13-9-3-1-2-8(6-9)11-7-16-5-4-10(11)12(14)15/h1-3,6,10-11,13H,4-5,7H2,(H,14,15). The van der Waals surface area contributed by atoms with E-state index in [4.69, 9.17) is 5.11 Å². The molecule has 1 aromatic rings. The molecule has 86 valence electrons. The van der Waals surface area contributed by atoms with Crippen molar-refractivity contribution in [3.05, 3.63) is 29.8 Å². The topological polar surface area (TPSA) is 57.5 Å². The number of phenolic OH excluding ortho intramolecular Hbond substituents is 1. The first kappa shape index (κ1) is 11.3. The normalized spacial score (nSPS) is 25.2. The number of aliphatic carboxylic acids is 1. The average Bonchev–Trinajstić information content (AvgIpc) is 2.29. The SMILES string of the molecule is O=C(O)C1CCSCC1c1cccc(O)c1. The Bertz CT molecular complexity index is 392. The molecule has 0 aliphatic carbocycles. The Hall–Kier alpha value is -1.16. The summed E-state index contributed by atoms with van der Waals surface area (Å²) >= 11 is 1.78. The molecule has 0 saturated carbocycles. The summed E-state index contributed by atoms with van der Waals surface area (Å²) in [7, 11) is 0. The summed E-state index contributed by atoms with van der Waals surface area (Å²) in [6.45, 7) is 0. The minimum Gasteiger partial charge on any atom is -0.508 e. The van der Waals surface area contributed by atoms with Crippen molar-refractivity contribution in [2.24, 2.45) is 5.92 Å². The number of phenols is 1. The van der Waals surface area contributed by atoms with Gasteiger partial charge in [0, 0.05) is 11.7 Å². The van der Waals surface area contributed by atoms with Gasteiger partial charge in [-0.3, -0.25) is 4.79 Å². The van der Waals surface area contributed by atoms with E-state index < -0.39 is 5.97 Å². The van der Waals surface area contributed by atoms with Crippen molar-refractivity contribution < 1.29 is 15.0 Å². The van der Waals surface area contributed by atoms with Crippen LogP contribution in [0.2, 0.25) is 0 Å². The van der Waals surface area contributed by atoms with Gasteiger partial charge in [-0.15, -0.1) is 0 Å². The summed E-state index contributed by atoms with van der Waals surface area (Å²) in [5, 5.41) is 18.6. The van der Waals surface area contributed by atoms with Crippen molar-refractivity contribution >= 4 is 17.7 Å². The molecule has 1 aromatic carbocycles. The molecule has 1 aliphatic heterocycles. The number of carboxylic acids is 1. The second kappa shape index (κ2) is 4.78. The van der Waals surface area contributed by atoms with E-state index in [2.05, 4.69) is 0 Å². The van der Waals surface area contributed by atoms with Crippen LogP contribution in [0.1, 0.15) is 17.9 Å². The molecule has 2 rings (SSSR count). The van der Waals surface area contributed by atoms with Crippen LogP contribution in [0, 0.1) is 5.92 Å². The molecule has 1 fully saturated rings. The maximum atomic E-state index is 11.2. The van der Waals surface area contributed by atoms with Crippen LogP contribution in [0.15, 0.2) is 24.3 Å². The molecule has 0 aromatic heterocycles. The predicted octanol–water partition coefficient (Wildman–Crippen LogP) is 2.31. The number of thioether (sulfide) groups is 1. The molecule has 0 bridgehead atoms. The summed E-state index contributed by atoms with van der Waals surface area (Å²) < 4.78 is 0. The maximum Gasteiger partial charge on any atom is 0.307 e. The predicted molar refractivity (Wildman–Crippen MR) is 63.9 cm³/mol. The van der Waals surface area contributed by atoms with Crippen LogP contribution in [0.5, 0.6) is 5.75 Å². The molecular weight excluding hydrogens is 224 g/mol. The summed E-state index contributed by atoms with van der Waals surface area (Å²) in [6.07, 6.45) is 0.709. The van der Waals surface area contributed by atoms with Crippen LogP contribution in [0.25, 0.3) is 0 Å². The number of hydrogen-bond donors (Lipinski definition) is 2. The molecule has 2 atom stereocenters. The molecule has 1 heterocycles. The lowest BCUT2D eigenvalue weighted by atomic mass is 9.85. The fourth-order valence-electron chi connectivity index (χ4n) is 2.12. The quantitative estimate of drug-likeness (QED) is 0.830. The molecule has 0 radical (unpaired) electrons. The summed E-state index contributed by atoms with van der Waals surface area (Å²) in [5.74, 6) is 0.907. The van der Waals surface area contributed by atoms with E-state index in [1.54, 1.807) is 30.0 Å². The number of rotatable bonds is 2. The van der Waals surface area contributed by atoms with E-state index in [-0.39, 0.29) is 17.6 Å². The van der Waals surface area contributed by atoms with Gasteiger partial charge >= 0.3 is 5.97 Å². The highest BCUT2D eigenvalue weighted by Crippen LogP contribution is 2.37. The third-order valence-electron chi connectivity index (χ3n) is 2.97. The van der Waals surface area contributed by atoms with Gasteiger partial charge in [-0.05, 0) is 29.9 Å². The molecule has 1 aliphatic rings. The Morgan fingerprint density at radius 2 is 2.25 bits per heavy atom. The molecule has 4 heteroatoms. The second-order valence-electron chi connectivity index (χ2n) is 4.01. The first-order chi connectivity index (χ1) is 7.68. The lowest BCUT2D eigenvalue weighted by Gasteiger charge is -2.28. The Morgan fingerprint density at radius 3 is 2.94 bits per heavy atom. The van der Waals surface area contributed by atoms with E-state index >= 15 is 0 Å². The highest BCUT2D eigenvalue weighted by atomic mass is 32.2. The van der Waals surface area contributed by atoms with Gasteiger partial charge in [0.1, 0.15) is 5.75 Å². The second-order valence-corrected chi connectivity index (χ2v) is 5.16. The first-order valence-corrected chi connectivity index (χ1v) is 6.43. The van der Waals surface area contributed by atoms with Gasteiger partial charge < -0.3 is 10.2 Å². The number of carbonyl (C=O) groups is 1. The summed E-state index contributed by atoms with van der Waals surface area (Å²) in [6, 6.07) is 6.94. The number of carboxylic acid groups (broad SMARTS) is 1. The fourth-order valence-corrected chi connectivity index (χ4v) is 3.38. The Balaban J connectivity index is 2.26. The third kappa shape index (κ3) is 2.32. The first-order valence-electron chi connectivity index (χ1n) is 5.28. The minimum absolute atomic E-state index is 0.0170. The van der Waals surface area contributed by atoms with Crippen molar-refractivity contribution in [2.45, 2.75) is 12.3 Å². The van der Waals surface area contributed by atoms with Crippen LogP contribution in [0.3, 0.4) is 0 Å². The average molecular weight is 238 g/mol. The minimum atomic E-state index is -0.728. The van der Waals surface area contributed by atoms with Crippen molar-refractivity contribution in [3.8, 4) is 5.75 Å². The fraction of sp³-hybridized carbons (Fsp3) is 0.417. The van der Waals surface area contributed by atoms with Crippen molar-refractivity contribution in [1.82, 2.24) is 0 Å². The van der Waals surface area contributed by atoms with E-state index in [0.29, 0.717) is 6.42 Å². The monoisotopic (exact) mass is 238 g/mol. The lowest BCUT2D eigenvalue weighted by Crippen LogP contribution is -2.27. The third-order valence-corrected chi connectivity index (χ3v) is 4.09. The van der Waals surface area contributed by atoms with Crippen LogP contribution < -0.4 is 0 Å². The van der Waals surface area contributed by atoms with Crippen molar-refractivity contribution in [3.63, 3.8) is 0 Å². The Morgan fingerprint density at radius 1 is 1.44 bits per heavy atom. The smallest absolute Gasteiger partial charge is 0.307 e. The summed E-state index contributed by atoms with van der Waals surface area (Å²) in [4.78, 5) is 11.2. The number of benzene rings is 1. The van der Waals surface area contributed by atoms with Crippen molar-refractivity contribution in [1.29, 1.82) is 0 Å². The number of aromatic hydroxyl groups is 1. The molecule has 0 amide bonds. The van der Waals surface area contributed by atoms with E-state index in [9.17, 15) is 9.90 Å². The van der Waals surface area contributed by atoms with Crippen LogP contribution >= 0.6 is 11.8 Å². The van der Waals surface area contributed by atoms with Gasteiger partial charge in [0.15, 0.2) is 0 Å². The molecule has 1 saturated heterocycles. The maximum absolute atomic E-state index is 11.2. The lowest BCUT2D eigenvalue weighted by molar-refractivity contribution is -0.142. The van der Waals surface area contributed by atoms with E-state index in [1.165, 1.54) is 0 Å². The van der Waals surface area contributed by atoms with Crippen LogP contribution in [-0.4, -0.2) is 27.7 Å². The van der Waals surface area contributed by atoms with Gasteiger partial charge in [-0.25, -0.2) is 0 Å². The Labute approximate surface area is 98.5 Å². The summed E-state index contributed by atoms with van der Waals surface area (Å²) in [5.41, 5.74) is 0.930. The van der Waals surface area contributed by atoms with Gasteiger partial charge in [-0.1, -0.05) is 12.1 Å². The van der Waals surface area contributed by atoms with E-state index in [1.807, 2.05) is 6.07 Å². The van der Waals surface area contributed by atoms with E-state index in [0.717, 1.165) is 17.1 Å². The molecule has 2 unspecified atom stereocenters. The zero-order valence-electron chi connectivity index (χ0n) is 8.80. The zero-order chi connectivity index (χ0) is 11.5. The number of hydrogen-bond acceptors (Lipinski definition) is 3. The zero-order valence-corrected chi connectivity index (χ0v) is 9.61. The highest BCUT2D eigenvalue weighted by molar-refractivity contribution is 7.99. The van der Waals surface area contributed by atoms with Gasteiger partial charge in [0.25, 0.3) is 0 Å². The molecule has 0 spiro atoms. The van der Waals surface area contributed by atoms with Crippen LogP contribution in [0.4, 0.5) is 0 Å². The molecule has 2 N–H and O–H groups in total. The van der Waals surface area contributed by atoms with Crippen molar-refractivity contribution in [2.75, 3.05) is 11.5 Å².